The van der Waals surface area contributed by atoms with Gasteiger partial charge in [0, 0.05) is 10.5 Å². The number of benzene rings is 2. The largest absolute Gasteiger partial charge is 0.493 e. The predicted molar refractivity (Wildman–Crippen MR) is 99.4 cm³/mol. The Labute approximate surface area is 151 Å². The van der Waals surface area contributed by atoms with Gasteiger partial charge in [-0.2, -0.15) is 5.10 Å². The van der Waals surface area contributed by atoms with Crippen LogP contribution >= 0.6 is 11.8 Å². The van der Waals surface area contributed by atoms with E-state index in [9.17, 15) is 4.79 Å². The summed E-state index contributed by atoms with van der Waals surface area (Å²) in [5, 5.41) is 3.98. The second kappa shape index (κ2) is 8.98. The Hall–Kier alpha value is -2.67. The Morgan fingerprint density at radius 2 is 1.64 bits per heavy atom. The number of hydrazone groups is 1. The Morgan fingerprint density at radius 3 is 2.12 bits per heavy atom. The van der Waals surface area contributed by atoms with Crippen LogP contribution in [0.4, 0.5) is 0 Å². The molecule has 0 aliphatic rings. The van der Waals surface area contributed by atoms with Crippen LogP contribution in [0.15, 0.2) is 46.4 Å². The number of amides is 1. The molecule has 0 saturated carbocycles. The van der Waals surface area contributed by atoms with E-state index >= 15 is 0 Å². The maximum atomic E-state index is 12.3. The van der Waals surface area contributed by atoms with Crippen molar-refractivity contribution < 1.29 is 19.0 Å². The number of methoxy groups -OCH3 is 3. The minimum absolute atomic E-state index is 0.351. The van der Waals surface area contributed by atoms with Gasteiger partial charge in [-0.15, -0.1) is 11.8 Å². The van der Waals surface area contributed by atoms with Crippen molar-refractivity contribution in [3.8, 4) is 17.2 Å². The molecule has 7 heteroatoms. The van der Waals surface area contributed by atoms with Gasteiger partial charge in [-0.25, -0.2) is 5.43 Å². The Kier molecular flexibility index (Phi) is 6.71. The van der Waals surface area contributed by atoms with E-state index in [1.807, 2.05) is 30.5 Å². The van der Waals surface area contributed by atoms with Crippen molar-refractivity contribution in [2.45, 2.75) is 4.90 Å². The minimum Gasteiger partial charge on any atom is -0.493 e. The van der Waals surface area contributed by atoms with Crippen molar-refractivity contribution in [3.63, 3.8) is 0 Å². The maximum Gasteiger partial charge on any atom is 0.271 e. The summed E-state index contributed by atoms with van der Waals surface area (Å²) in [6.07, 6.45) is 3.60. The molecule has 0 radical (unpaired) electrons. The fourth-order valence-electron chi connectivity index (χ4n) is 2.13. The summed E-state index contributed by atoms with van der Waals surface area (Å²) in [6, 6.07) is 11.0. The molecule has 0 aliphatic carbocycles. The molecule has 0 atom stereocenters. The highest BCUT2D eigenvalue weighted by Crippen LogP contribution is 2.38. The summed E-state index contributed by atoms with van der Waals surface area (Å²) < 4.78 is 15.7. The van der Waals surface area contributed by atoms with Crippen molar-refractivity contribution in [1.82, 2.24) is 5.43 Å². The number of carbonyl (C=O) groups is 1. The van der Waals surface area contributed by atoms with Crippen LogP contribution in [0.3, 0.4) is 0 Å². The predicted octanol–water partition coefficient (Wildman–Crippen LogP) is 3.20. The van der Waals surface area contributed by atoms with E-state index in [1.165, 1.54) is 26.2 Å². The molecule has 0 spiro atoms. The molecule has 0 aliphatic heterocycles. The first-order chi connectivity index (χ1) is 12.1. The smallest absolute Gasteiger partial charge is 0.271 e. The zero-order valence-corrected chi connectivity index (χ0v) is 15.3. The number of hydrogen-bond donors (Lipinski definition) is 1. The van der Waals surface area contributed by atoms with Crippen LogP contribution in [-0.2, 0) is 0 Å². The first-order valence-electron chi connectivity index (χ1n) is 7.40. The third-order valence-electron chi connectivity index (χ3n) is 3.42. The van der Waals surface area contributed by atoms with E-state index in [0.29, 0.717) is 22.8 Å². The maximum absolute atomic E-state index is 12.3. The summed E-state index contributed by atoms with van der Waals surface area (Å²) in [5.41, 5.74) is 3.73. The molecule has 25 heavy (non-hydrogen) atoms. The molecule has 0 saturated heterocycles. The number of thioether (sulfide) groups is 1. The molecule has 0 fully saturated rings. The van der Waals surface area contributed by atoms with Crippen molar-refractivity contribution in [1.29, 1.82) is 0 Å². The Morgan fingerprint density at radius 1 is 1.04 bits per heavy atom. The zero-order chi connectivity index (χ0) is 18.2. The lowest BCUT2D eigenvalue weighted by Crippen LogP contribution is -2.18. The lowest BCUT2D eigenvalue weighted by molar-refractivity contribution is 0.0954. The number of carbonyl (C=O) groups excluding carboxylic acids is 1. The molecule has 1 N–H and O–H groups in total. The van der Waals surface area contributed by atoms with Gasteiger partial charge in [-0.05, 0) is 36.1 Å². The van der Waals surface area contributed by atoms with Crippen molar-refractivity contribution in [3.05, 3.63) is 47.5 Å². The quantitative estimate of drug-likeness (QED) is 0.466. The standard InChI is InChI=1S/C18H20N2O4S/c1-22-15-9-13(10-16(23-2)17(15)24-3)18(21)20-19-11-12-5-7-14(25-4)8-6-12/h5-11H,1-4H3,(H,20,21). The average Bonchev–Trinajstić information content (AvgIpc) is 2.67. The van der Waals surface area contributed by atoms with Crippen LogP contribution in [0.2, 0.25) is 0 Å². The average molecular weight is 360 g/mol. The first kappa shape index (κ1) is 18.7. The highest BCUT2D eigenvalue weighted by Gasteiger charge is 2.16. The van der Waals surface area contributed by atoms with E-state index in [0.717, 1.165) is 5.56 Å². The van der Waals surface area contributed by atoms with Gasteiger partial charge in [0.15, 0.2) is 11.5 Å². The van der Waals surface area contributed by atoms with Gasteiger partial charge >= 0.3 is 0 Å². The normalized spacial score (nSPS) is 10.6. The van der Waals surface area contributed by atoms with E-state index < -0.39 is 0 Å². The number of rotatable bonds is 7. The molecular weight excluding hydrogens is 340 g/mol. The molecule has 132 valence electrons. The van der Waals surface area contributed by atoms with E-state index in [-0.39, 0.29) is 5.91 Å². The Balaban J connectivity index is 2.13. The van der Waals surface area contributed by atoms with Gasteiger partial charge in [0.1, 0.15) is 0 Å². The fraction of sp³-hybridized carbons (Fsp3) is 0.222. The van der Waals surface area contributed by atoms with E-state index in [4.69, 9.17) is 14.2 Å². The molecular formula is C18H20N2O4S. The molecule has 0 bridgehead atoms. The van der Waals surface area contributed by atoms with Gasteiger partial charge in [0.2, 0.25) is 5.75 Å². The number of nitrogens with one attached hydrogen (secondary N) is 1. The lowest BCUT2D eigenvalue weighted by Gasteiger charge is -2.13. The molecule has 0 heterocycles. The minimum atomic E-state index is -0.378. The molecule has 2 aromatic carbocycles. The van der Waals surface area contributed by atoms with Crippen LogP contribution in [0.25, 0.3) is 0 Å². The van der Waals surface area contributed by atoms with Crippen molar-refractivity contribution in [2.75, 3.05) is 27.6 Å². The fourth-order valence-corrected chi connectivity index (χ4v) is 2.54. The monoisotopic (exact) mass is 360 g/mol. The molecule has 6 nitrogen and oxygen atoms in total. The van der Waals surface area contributed by atoms with E-state index in [2.05, 4.69) is 10.5 Å². The van der Waals surface area contributed by atoms with Crippen LogP contribution in [0.5, 0.6) is 17.2 Å². The summed E-state index contributed by atoms with van der Waals surface area (Å²) in [6.45, 7) is 0. The SMILES string of the molecule is COc1cc(C(=O)NN=Cc2ccc(SC)cc2)cc(OC)c1OC. The summed E-state index contributed by atoms with van der Waals surface area (Å²) in [4.78, 5) is 13.5. The second-order valence-corrected chi connectivity index (χ2v) is 5.77. The van der Waals surface area contributed by atoms with Crippen LogP contribution < -0.4 is 19.6 Å². The number of ether oxygens (including phenoxy) is 3. The lowest BCUT2D eigenvalue weighted by atomic mass is 10.1. The first-order valence-corrected chi connectivity index (χ1v) is 8.62. The highest BCUT2D eigenvalue weighted by molar-refractivity contribution is 7.98. The van der Waals surface area contributed by atoms with Crippen LogP contribution in [0.1, 0.15) is 15.9 Å². The van der Waals surface area contributed by atoms with Gasteiger partial charge < -0.3 is 14.2 Å². The molecule has 0 aromatic heterocycles. The number of nitrogens with zero attached hydrogens (tertiary/aromatic N) is 1. The summed E-state index contributed by atoms with van der Waals surface area (Å²) in [7, 11) is 4.50. The molecule has 2 rings (SSSR count). The molecule has 1 amide bonds. The van der Waals surface area contributed by atoms with Crippen molar-refractivity contribution >= 4 is 23.9 Å². The van der Waals surface area contributed by atoms with Crippen LogP contribution in [0, 0.1) is 0 Å². The van der Waals surface area contributed by atoms with E-state index in [1.54, 1.807) is 30.1 Å². The summed E-state index contributed by atoms with van der Waals surface area (Å²) in [5.74, 6) is 0.863. The molecule has 2 aromatic rings. The van der Waals surface area contributed by atoms with Gasteiger partial charge in [0.05, 0.1) is 27.5 Å². The third-order valence-corrected chi connectivity index (χ3v) is 4.17. The third kappa shape index (κ3) is 4.67. The van der Waals surface area contributed by atoms with Crippen molar-refractivity contribution in [2.24, 2.45) is 5.10 Å². The van der Waals surface area contributed by atoms with Gasteiger partial charge in [-0.3, -0.25) is 4.79 Å². The topological polar surface area (TPSA) is 69.2 Å². The summed E-state index contributed by atoms with van der Waals surface area (Å²) >= 11 is 1.67. The van der Waals surface area contributed by atoms with Gasteiger partial charge in [-0.1, -0.05) is 12.1 Å². The zero-order valence-electron chi connectivity index (χ0n) is 14.5. The van der Waals surface area contributed by atoms with Gasteiger partial charge in [0.25, 0.3) is 5.91 Å². The Bertz CT molecular complexity index is 735. The molecule has 0 unspecified atom stereocenters. The van der Waals surface area contributed by atoms with Crippen LogP contribution in [-0.4, -0.2) is 39.7 Å². The second-order valence-electron chi connectivity index (χ2n) is 4.89. The highest BCUT2D eigenvalue weighted by atomic mass is 32.2. The number of hydrogen-bond acceptors (Lipinski definition) is 6.